The van der Waals surface area contributed by atoms with Crippen molar-refractivity contribution in [2.75, 3.05) is 25.9 Å². The molecule has 6 heteroatoms. The summed E-state index contributed by atoms with van der Waals surface area (Å²) in [5, 5.41) is 3.85. The van der Waals surface area contributed by atoms with E-state index >= 15 is 0 Å². The number of aromatic nitrogens is 2. The number of amides is 1. The first-order valence-electron chi connectivity index (χ1n) is 8.31. The molecule has 0 aliphatic rings. The second-order valence-electron chi connectivity index (χ2n) is 5.58. The Labute approximate surface area is 148 Å². The van der Waals surface area contributed by atoms with Crippen LogP contribution in [0.15, 0.2) is 41.7 Å². The molecule has 0 fully saturated rings. The Morgan fingerprint density at radius 2 is 1.96 bits per heavy atom. The second-order valence-corrected chi connectivity index (χ2v) is 6.35. The molecular formula is C18H26N4OS. The lowest BCUT2D eigenvalue weighted by Gasteiger charge is -2.26. The number of thioether (sulfide) groups is 1. The summed E-state index contributed by atoms with van der Waals surface area (Å²) in [5.41, 5.74) is 1.51. The Bertz CT molecular complexity index is 652. The molecule has 1 heterocycles. The number of nitrogens with one attached hydrogen (secondary N) is 1. The predicted octanol–water partition coefficient (Wildman–Crippen LogP) is 3.05. The van der Waals surface area contributed by atoms with Gasteiger partial charge in [-0.15, -0.1) is 0 Å². The largest absolute Gasteiger partial charge is 0.349 e. The van der Waals surface area contributed by atoms with Gasteiger partial charge in [0.15, 0.2) is 5.16 Å². The molecule has 24 heavy (non-hydrogen) atoms. The number of hydrogen-bond donors (Lipinski definition) is 1. The fourth-order valence-electron chi connectivity index (χ4n) is 2.77. The Morgan fingerprint density at radius 3 is 2.54 bits per heavy atom. The molecule has 0 aliphatic heterocycles. The van der Waals surface area contributed by atoms with E-state index in [0.717, 1.165) is 23.9 Å². The standard InChI is InChI=1S/C18H26N4OS/c1-5-21(6-2)14(3)12-19-17(23)16-13-20-18(24-4)22(16)15-10-8-7-9-11-15/h7-11,13-14H,5-6,12H2,1-4H3,(H,19,23). The summed E-state index contributed by atoms with van der Waals surface area (Å²) in [7, 11) is 0. The molecule has 0 spiro atoms. The van der Waals surface area contributed by atoms with Gasteiger partial charge in [-0.1, -0.05) is 43.8 Å². The van der Waals surface area contributed by atoms with Crippen LogP contribution in [0.25, 0.3) is 5.69 Å². The Kier molecular flexibility index (Phi) is 6.87. The van der Waals surface area contributed by atoms with Gasteiger partial charge in [0.05, 0.1) is 6.20 Å². The van der Waals surface area contributed by atoms with Gasteiger partial charge in [0.2, 0.25) is 0 Å². The average Bonchev–Trinajstić information content (AvgIpc) is 3.05. The molecule has 0 saturated carbocycles. The van der Waals surface area contributed by atoms with Gasteiger partial charge in [0.25, 0.3) is 5.91 Å². The summed E-state index contributed by atoms with van der Waals surface area (Å²) in [6.45, 7) is 8.98. The van der Waals surface area contributed by atoms with Crippen molar-refractivity contribution < 1.29 is 4.79 Å². The highest BCUT2D eigenvalue weighted by molar-refractivity contribution is 7.98. The monoisotopic (exact) mass is 346 g/mol. The van der Waals surface area contributed by atoms with Crippen LogP contribution in [-0.4, -0.2) is 52.3 Å². The van der Waals surface area contributed by atoms with E-state index in [1.807, 2.05) is 41.2 Å². The highest BCUT2D eigenvalue weighted by Gasteiger charge is 2.18. The number of likely N-dealkylation sites (N-methyl/N-ethyl adjacent to an activating group) is 1. The van der Waals surface area contributed by atoms with Crippen LogP contribution in [0, 0.1) is 0 Å². The van der Waals surface area contributed by atoms with Crippen molar-refractivity contribution in [1.29, 1.82) is 0 Å². The second kappa shape index (κ2) is 8.89. The molecule has 2 rings (SSSR count). The van der Waals surface area contributed by atoms with E-state index in [0.29, 0.717) is 18.3 Å². The van der Waals surface area contributed by atoms with Crippen LogP contribution in [0.1, 0.15) is 31.3 Å². The number of carbonyl (C=O) groups excluding carboxylic acids is 1. The maximum absolute atomic E-state index is 12.7. The van der Waals surface area contributed by atoms with Crippen LogP contribution in [0.5, 0.6) is 0 Å². The molecule has 0 bridgehead atoms. The van der Waals surface area contributed by atoms with E-state index in [4.69, 9.17) is 0 Å². The van der Waals surface area contributed by atoms with E-state index in [2.05, 4.69) is 36.0 Å². The van der Waals surface area contributed by atoms with Crippen LogP contribution in [0.3, 0.4) is 0 Å². The summed E-state index contributed by atoms with van der Waals surface area (Å²) in [6.07, 6.45) is 3.61. The molecule has 0 aliphatic carbocycles. The molecule has 1 aromatic heterocycles. The maximum Gasteiger partial charge on any atom is 0.270 e. The zero-order chi connectivity index (χ0) is 17.5. The van der Waals surface area contributed by atoms with Crippen LogP contribution >= 0.6 is 11.8 Å². The minimum absolute atomic E-state index is 0.0920. The van der Waals surface area contributed by atoms with Crippen LogP contribution < -0.4 is 5.32 Å². The average molecular weight is 347 g/mol. The first-order chi connectivity index (χ1) is 11.6. The fourth-order valence-corrected chi connectivity index (χ4v) is 3.32. The molecule has 1 aromatic carbocycles. The first kappa shape index (κ1) is 18.5. The van der Waals surface area contributed by atoms with Crippen LogP contribution in [-0.2, 0) is 0 Å². The number of carbonyl (C=O) groups is 1. The van der Waals surface area contributed by atoms with E-state index in [9.17, 15) is 4.79 Å². The van der Waals surface area contributed by atoms with Gasteiger partial charge in [-0.05, 0) is 38.4 Å². The van der Waals surface area contributed by atoms with Crippen molar-refractivity contribution in [2.24, 2.45) is 0 Å². The molecule has 5 nitrogen and oxygen atoms in total. The van der Waals surface area contributed by atoms with Crippen molar-refractivity contribution in [3.05, 3.63) is 42.2 Å². The van der Waals surface area contributed by atoms with Gasteiger partial charge in [-0.2, -0.15) is 0 Å². The highest BCUT2D eigenvalue weighted by atomic mass is 32.2. The van der Waals surface area contributed by atoms with Crippen LogP contribution in [0.2, 0.25) is 0 Å². The summed E-state index contributed by atoms with van der Waals surface area (Å²) < 4.78 is 1.90. The minimum Gasteiger partial charge on any atom is -0.349 e. The SMILES string of the molecule is CCN(CC)C(C)CNC(=O)c1cnc(SC)n1-c1ccccc1. The maximum atomic E-state index is 12.7. The molecule has 1 amide bonds. The molecule has 0 saturated heterocycles. The Balaban J connectivity index is 2.17. The molecule has 1 N–H and O–H groups in total. The quantitative estimate of drug-likeness (QED) is 0.747. The Morgan fingerprint density at radius 1 is 1.29 bits per heavy atom. The lowest BCUT2D eigenvalue weighted by molar-refractivity contribution is 0.0930. The third-order valence-corrected chi connectivity index (χ3v) is 4.81. The van der Waals surface area contributed by atoms with Crippen molar-refractivity contribution in [1.82, 2.24) is 19.8 Å². The highest BCUT2D eigenvalue weighted by Crippen LogP contribution is 2.21. The molecule has 0 radical (unpaired) electrons. The summed E-state index contributed by atoms with van der Waals surface area (Å²) in [4.78, 5) is 19.4. The number of rotatable bonds is 8. The number of benzene rings is 1. The third kappa shape index (κ3) is 4.19. The molecule has 1 atom stereocenters. The summed E-state index contributed by atoms with van der Waals surface area (Å²) in [6, 6.07) is 10.2. The predicted molar refractivity (Wildman–Crippen MR) is 100 cm³/mol. The topological polar surface area (TPSA) is 50.2 Å². The molecular weight excluding hydrogens is 320 g/mol. The number of hydrogen-bond acceptors (Lipinski definition) is 4. The normalized spacial score (nSPS) is 12.4. The van der Waals surface area contributed by atoms with Gasteiger partial charge >= 0.3 is 0 Å². The number of nitrogens with zero attached hydrogens (tertiary/aromatic N) is 3. The molecule has 130 valence electrons. The van der Waals surface area contributed by atoms with Gasteiger partial charge in [0.1, 0.15) is 5.69 Å². The summed E-state index contributed by atoms with van der Waals surface area (Å²) in [5.74, 6) is -0.0920. The van der Waals surface area contributed by atoms with Gasteiger partial charge in [0, 0.05) is 18.3 Å². The first-order valence-corrected chi connectivity index (χ1v) is 9.54. The van der Waals surface area contributed by atoms with Gasteiger partial charge in [-0.3, -0.25) is 14.3 Å². The summed E-state index contributed by atoms with van der Waals surface area (Å²) >= 11 is 1.53. The lowest BCUT2D eigenvalue weighted by atomic mass is 10.2. The molecule has 2 aromatic rings. The Hall–Kier alpha value is -1.79. The van der Waals surface area contributed by atoms with Crippen molar-refractivity contribution in [3.8, 4) is 5.69 Å². The van der Waals surface area contributed by atoms with Crippen molar-refractivity contribution in [2.45, 2.75) is 32.0 Å². The van der Waals surface area contributed by atoms with E-state index in [1.165, 1.54) is 11.8 Å². The lowest BCUT2D eigenvalue weighted by Crippen LogP contribution is -2.42. The smallest absolute Gasteiger partial charge is 0.270 e. The van der Waals surface area contributed by atoms with E-state index in [1.54, 1.807) is 6.20 Å². The van der Waals surface area contributed by atoms with Gasteiger partial charge < -0.3 is 5.32 Å². The van der Waals surface area contributed by atoms with Crippen molar-refractivity contribution >= 4 is 17.7 Å². The number of imidazole rings is 1. The zero-order valence-electron chi connectivity index (χ0n) is 14.8. The van der Waals surface area contributed by atoms with E-state index < -0.39 is 0 Å². The van der Waals surface area contributed by atoms with Crippen molar-refractivity contribution in [3.63, 3.8) is 0 Å². The molecule has 1 unspecified atom stereocenters. The van der Waals surface area contributed by atoms with E-state index in [-0.39, 0.29) is 5.91 Å². The minimum atomic E-state index is -0.0920. The third-order valence-electron chi connectivity index (χ3n) is 4.15. The van der Waals surface area contributed by atoms with Crippen LogP contribution in [0.4, 0.5) is 0 Å². The number of para-hydroxylation sites is 1. The van der Waals surface area contributed by atoms with Gasteiger partial charge in [-0.25, -0.2) is 4.98 Å². The zero-order valence-corrected chi connectivity index (χ0v) is 15.6. The fraction of sp³-hybridized carbons (Fsp3) is 0.444.